The molecule has 0 saturated heterocycles. The van der Waals surface area contributed by atoms with Crippen molar-refractivity contribution in [2.45, 2.75) is 33.7 Å². The van der Waals surface area contributed by atoms with Crippen molar-refractivity contribution in [3.05, 3.63) is 29.8 Å². The van der Waals surface area contributed by atoms with Crippen molar-refractivity contribution in [2.24, 2.45) is 5.41 Å². The Morgan fingerprint density at radius 1 is 1.29 bits per heavy atom. The van der Waals surface area contributed by atoms with E-state index in [9.17, 15) is 13.2 Å². The van der Waals surface area contributed by atoms with E-state index in [0.717, 1.165) is 6.26 Å². The average molecular weight is 312 g/mol. The Bertz CT molecular complexity index is 618. The molecule has 21 heavy (non-hydrogen) atoms. The third kappa shape index (κ3) is 5.04. The van der Waals surface area contributed by atoms with Gasteiger partial charge in [-0.05, 0) is 30.5 Å². The molecule has 0 aliphatic carbocycles. The molecule has 0 bridgehead atoms. The van der Waals surface area contributed by atoms with Gasteiger partial charge in [-0.15, -0.1) is 0 Å². The molecule has 0 heterocycles. The Kier molecular flexibility index (Phi) is 5.04. The fourth-order valence-corrected chi connectivity index (χ4v) is 2.45. The molecule has 0 fully saturated rings. The fraction of sp³-hybridized carbons (Fsp3) is 0.533. The molecule has 0 aliphatic rings. The summed E-state index contributed by atoms with van der Waals surface area (Å²) < 4.78 is 24.9. The van der Waals surface area contributed by atoms with Crippen LogP contribution in [0.2, 0.25) is 0 Å². The summed E-state index contributed by atoms with van der Waals surface area (Å²) in [6.45, 7) is 8.21. The van der Waals surface area contributed by atoms with E-state index in [4.69, 9.17) is 0 Å². The topological polar surface area (TPSA) is 66.5 Å². The van der Waals surface area contributed by atoms with Crippen LogP contribution in [-0.4, -0.2) is 38.6 Å². The Morgan fingerprint density at radius 3 is 2.33 bits per heavy atom. The highest BCUT2D eigenvalue weighted by atomic mass is 32.2. The molecule has 0 spiro atoms. The maximum absolute atomic E-state index is 12.5. The zero-order chi connectivity index (χ0) is 16.4. The zero-order valence-corrected chi connectivity index (χ0v) is 14.3. The van der Waals surface area contributed by atoms with Crippen LogP contribution in [0.25, 0.3) is 0 Å². The number of sulfonamides is 1. The second-order valence-corrected chi connectivity index (χ2v) is 8.16. The molecule has 0 radical (unpaired) electrons. The molecule has 118 valence electrons. The normalized spacial score (nSPS) is 13.6. The van der Waals surface area contributed by atoms with Crippen molar-refractivity contribution in [3.8, 4) is 0 Å². The van der Waals surface area contributed by atoms with Gasteiger partial charge in [-0.1, -0.05) is 26.8 Å². The first-order valence-electron chi connectivity index (χ1n) is 6.77. The second kappa shape index (κ2) is 6.05. The molecule has 1 amide bonds. The zero-order valence-electron chi connectivity index (χ0n) is 13.5. The van der Waals surface area contributed by atoms with E-state index in [-0.39, 0.29) is 17.4 Å². The summed E-state index contributed by atoms with van der Waals surface area (Å²) in [5.74, 6) is -0.130. The minimum absolute atomic E-state index is 0.0347. The van der Waals surface area contributed by atoms with Crippen LogP contribution < -0.4 is 4.72 Å². The number of anilines is 1. The molecule has 1 N–H and O–H groups in total. The van der Waals surface area contributed by atoms with E-state index in [1.165, 1.54) is 0 Å². The van der Waals surface area contributed by atoms with Crippen molar-refractivity contribution in [1.29, 1.82) is 0 Å². The van der Waals surface area contributed by atoms with Crippen molar-refractivity contribution < 1.29 is 13.2 Å². The smallest absolute Gasteiger partial charge is 0.253 e. The van der Waals surface area contributed by atoms with Crippen LogP contribution >= 0.6 is 0 Å². The van der Waals surface area contributed by atoms with Gasteiger partial charge >= 0.3 is 0 Å². The molecular formula is C15H24N2O3S. The van der Waals surface area contributed by atoms with E-state index in [0.29, 0.717) is 11.3 Å². The lowest BCUT2D eigenvalue weighted by molar-refractivity contribution is 0.0629. The number of carbonyl (C=O) groups excluding carboxylic acids is 1. The minimum atomic E-state index is -3.35. The van der Waals surface area contributed by atoms with Crippen LogP contribution in [0, 0.1) is 5.41 Å². The Balaban J connectivity index is 3.01. The standard InChI is InChI=1S/C15H24N2O3S/c1-11(15(2,3)4)17(5)14(18)12-8-7-9-13(10-12)16-21(6,19)20/h7-11,16H,1-6H3/t11-/m1/s1. The van der Waals surface area contributed by atoms with Crippen LogP contribution in [0.1, 0.15) is 38.1 Å². The van der Waals surface area contributed by atoms with E-state index < -0.39 is 10.0 Å². The van der Waals surface area contributed by atoms with Crippen LogP contribution in [0.15, 0.2) is 24.3 Å². The molecule has 6 heteroatoms. The van der Waals surface area contributed by atoms with E-state index in [2.05, 4.69) is 25.5 Å². The molecule has 1 rings (SSSR count). The number of hydrogen-bond acceptors (Lipinski definition) is 3. The number of carbonyl (C=O) groups is 1. The predicted octanol–water partition coefficient (Wildman–Crippen LogP) is 2.56. The molecular weight excluding hydrogens is 288 g/mol. The van der Waals surface area contributed by atoms with E-state index in [1.54, 1.807) is 36.2 Å². The third-order valence-electron chi connectivity index (χ3n) is 3.57. The van der Waals surface area contributed by atoms with Crippen LogP contribution in [-0.2, 0) is 10.0 Å². The summed E-state index contributed by atoms with van der Waals surface area (Å²) in [6, 6.07) is 6.56. The highest BCUT2D eigenvalue weighted by molar-refractivity contribution is 7.92. The number of hydrogen-bond donors (Lipinski definition) is 1. The Labute approximate surface area is 127 Å². The number of nitrogens with one attached hydrogen (secondary N) is 1. The Hall–Kier alpha value is -1.56. The first-order valence-corrected chi connectivity index (χ1v) is 8.66. The molecule has 0 aromatic heterocycles. The maximum atomic E-state index is 12.5. The van der Waals surface area contributed by atoms with Gasteiger partial charge in [0.2, 0.25) is 10.0 Å². The van der Waals surface area contributed by atoms with Crippen LogP contribution in [0.3, 0.4) is 0 Å². The highest BCUT2D eigenvalue weighted by Crippen LogP contribution is 2.24. The SMILES string of the molecule is C[C@@H](N(C)C(=O)c1cccc(NS(C)(=O)=O)c1)C(C)(C)C. The number of amides is 1. The summed E-state index contributed by atoms with van der Waals surface area (Å²) in [7, 11) is -1.60. The molecule has 5 nitrogen and oxygen atoms in total. The number of nitrogens with zero attached hydrogens (tertiary/aromatic N) is 1. The van der Waals surface area contributed by atoms with Crippen molar-refractivity contribution in [2.75, 3.05) is 18.0 Å². The quantitative estimate of drug-likeness (QED) is 0.929. The van der Waals surface area contributed by atoms with Gasteiger partial charge in [0.25, 0.3) is 5.91 Å². The van der Waals surface area contributed by atoms with Gasteiger partial charge in [0.05, 0.1) is 6.26 Å². The third-order valence-corrected chi connectivity index (χ3v) is 4.17. The van der Waals surface area contributed by atoms with E-state index >= 15 is 0 Å². The van der Waals surface area contributed by atoms with Gasteiger partial charge in [-0.2, -0.15) is 0 Å². The van der Waals surface area contributed by atoms with Gasteiger partial charge in [-0.25, -0.2) is 8.42 Å². The maximum Gasteiger partial charge on any atom is 0.253 e. The molecule has 1 aromatic carbocycles. The minimum Gasteiger partial charge on any atom is -0.338 e. The summed E-state index contributed by atoms with van der Waals surface area (Å²) in [5.41, 5.74) is 0.815. The van der Waals surface area contributed by atoms with Crippen molar-refractivity contribution in [3.63, 3.8) is 0 Å². The van der Waals surface area contributed by atoms with Gasteiger partial charge in [-0.3, -0.25) is 9.52 Å². The predicted molar refractivity (Wildman–Crippen MR) is 85.9 cm³/mol. The molecule has 0 saturated carbocycles. The van der Waals surface area contributed by atoms with Gasteiger partial charge < -0.3 is 4.90 Å². The largest absolute Gasteiger partial charge is 0.338 e. The lowest BCUT2D eigenvalue weighted by Crippen LogP contribution is -2.42. The highest BCUT2D eigenvalue weighted by Gasteiger charge is 2.27. The van der Waals surface area contributed by atoms with E-state index in [1.807, 2.05) is 6.92 Å². The fourth-order valence-electron chi connectivity index (χ4n) is 1.89. The summed E-state index contributed by atoms with van der Waals surface area (Å²) in [4.78, 5) is 14.2. The average Bonchev–Trinajstić information content (AvgIpc) is 2.33. The second-order valence-electron chi connectivity index (χ2n) is 6.41. The van der Waals surface area contributed by atoms with Crippen molar-refractivity contribution >= 4 is 21.6 Å². The number of benzene rings is 1. The molecule has 0 unspecified atom stereocenters. The van der Waals surface area contributed by atoms with Gasteiger partial charge in [0.15, 0.2) is 0 Å². The summed E-state index contributed by atoms with van der Waals surface area (Å²) >= 11 is 0. The Morgan fingerprint density at radius 2 is 1.86 bits per heavy atom. The van der Waals surface area contributed by atoms with Gasteiger partial charge in [0.1, 0.15) is 0 Å². The van der Waals surface area contributed by atoms with Crippen molar-refractivity contribution in [1.82, 2.24) is 4.90 Å². The molecule has 1 aromatic rings. The van der Waals surface area contributed by atoms with Gasteiger partial charge in [0, 0.05) is 24.3 Å². The van der Waals surface area contributed by atoms with Crippen LogP contribution in [0.4, 0.5) is 5.69 Å². The molecule has 0 aliphatic heterocycles. The number of rotatable bonds is 4. The summed E-state index contributed by atoms with van der Waals surface area (Å²) in [5, 5.41) is 0. The molecule has 1 atom stereocenters. The first-order chi connectivity index (χ1) is 9.42. The van der Waals surface area contributed by atoms with Crippen LogP contribution in [0.5, 0.6) is 0 Å². The first kappa shape index (κ1) is 17.5. The summed E-state index contributed by atoms with van der Waals surface area (Å²) in [6.07, 6.45) is 1.08. The lowest BCUT2D eigenvalue weighted by Gasteiger charge is -2.35. The monoisotopic (exact) mass is 312 g/mol. The lowest BCUT2D eigenvalue weighted by atomic mass is 9.87.